The Labute approximate surface area is 121 Å². The Morgan fingerprint density at radius 1 is 1.26 bits per heavy atom. The smallest absolute Gasteiger partial charge is 0.185 e. The third-order valence-corrected chi connectivity index (χ3v) is 6.03. The topological polar surface area (TPSA) is 28.2 Å². The molecule has 1 aromatic heterocycles. The first-order valence-electron chi connectivity index (χ1n) is 7.50. The molecule has 1 saturated heterocycles. The number of piperidine rings is 1. The molecule has 0 aliphatic carbocycles. The zero-order valence-corrected chi connectivity index (χ0v) is 13.6. The van der Waals surface area contributed by atoms with Crippen molar-refractivity contribution in [3.05, 3.63) is 10.6 Å². The Morgan fingerprint density at radius 3 is 2.42 bits per heavy atom. The van der Waals surface area contributed by atoms with Crippen molar-refractivity contribution in [1.29, 1.82) is 0 Å². The van der Waals surface area contributed by atoms with Gasteiger partial charge < -0.3 is 10.2 Å². The van der Waals surface area contributed by atoms with E-state index in [1.54, 1.807) is 0 Å². The maximum Gasteiger partial charge on any atom is 0.185 e. The zero-order chi connectivity index (χ0) is 13.9. The average Bonchev–Trinajstić information content (AvgIpc) is 2.81. The van der Waals surface area contributed by atoms with Gasteiger partial charge in [0.15, 0.2) is 5.13 Å². The van der Waals surface area contributed by atoms with Gasteiger partial charge in [-0.3, -0.25) is 0 Å². The quantitative estimate of drug-likeness (QED) is 0.894. The summed E-state index contributed by atoms with van der Waals surface area (Å²) in [5.74, 6) is 0. The van der Waals surface area contributed by atoms with Crippen LogP contribution < -0.4 is 10.2 Å². The minimum absolute atomic E-state index is 0.594. The molecule has 0 unspecified atom stereocenters. The zero-order valence-electron chi connectivity index (χ0n) is 12.8. The SMILES string of the molecule is CCC1(CC)CCN(c2nc(C)c(CNC)s2)CC1. The Morgan fingerprint density at radius 2 is 1.89 bits per heavy atom. The van der Waals surface area contributed by atoms with E-state index < -0.39 is 0 Å². The van der Waals surface area contributed by atoms with E-state index in [-0.39, 0.29) is 0 Å². The lowest BCUT2D eigenvalue weighted by atomic mass is 9.74. The summed E-state index contributed by atoms with van der Waals surface area (Å²) >= 11 is 1.86. The highest BCUT2D eigenvalue weighted by molar-refractivity contribution is 7.15. The highest BCUT2D eigenvalue weighted by atomic mass is 32.1. The van der Waals surface area contributed by atoms with Crippen LogP contribution in [0.5, 0.6) is 0 Å². The van der Waals surface area contributed by atoms with E-state index in [9.17, 15) is 0 Å². The molecule has 2 heterocycles. The van der Waals surface area contributed by atoms with Crippen molar-refractivity contribution < 1.29 is 0 Å². The van der Waals surface area contributed by atoms with Crippen LogP contribution in [0.25, 0.3) is 0 Å². The van der Waals surface area contributed by atoms with E-state index in [2.05, 4.69) is 31.0 Å². The molecule has 4 heteroatoms. The van der Waals surface area contributed by atoms with E-state index in [1.807, 2.05) is 18.4 Å². The van der Waals surface area contributed by atoms with Gasteiger partial charge in [-0.2, -0.15) is 0 Å². The van der Waals surface area contributed by atoms with Crippen LogP contribution in [0.15, 0.2) is 0 Å². The lowest BCUT2D eigenvalue weighted by molar-refractivity contribution is 0.199. The molecule has 1 aliphatic rings. The standard InChI is InChI=1S/C15H27N3S/c1-5-15(6-2)7-9-18(10-8-15)14-17-12(3)13(19-14)11-16-4/h16H,5-11H2,1-4H3. The van der Waals surface area contributed by atoms with Crippen molar-refractivity contribution in [2.75, 3.05) is 25.0 Å². The molecule has 3 nitrogen and oxygen atoms in total. The first-order valence-corrected chi connectivity index (χ1v) is 8.31. The lowest BCUT2D eigenvalue weighted by Crippen LogP contribution is -2.39. The number of hydrogen-bond donors (Lipinski definition) is 1. The summed E-state index contributed by atoms with van der Waals surface area (Å²) in [7, 11) is 2.00. The monoisotopic (exact) mass is 281 g/mol. The number of nitrogens with zero attached hydrogens (tertiary/aromatic N) is 2. The second-order valence-electron chi connectivity index (χ2n) is 5.73. The molecule has 0 saturated carbocycles. The number of rotatable bonds is 5. The predicted molar refractivity (Wildman–Crippen MR) is 84.1 cm³/mol. The molecule has 0 atom stereocenters. The van der Waals surface area contributed by atoms with Gasteiger partial charge in [0, 0.05) is 24.5 Å². The average molecular weight is 281 g/mol. The molecule has 0 aromatic carbocycles. The van der Waals surface area contributed by atoms with Crippen LogP contribution in [-0.2, 0) is 6.54 Å². The van der Waals surface area contributed by atoms with Crippen molar-refractivity contribution in [2.24, 2.45) is 5.41 Å². The van der Waals surface area contributed by atoms with Crippen LogP contribution in [0.1, 0.15) is 50.1 Å². The third-order valence-electron chi connectivity index (χ3n) is 4.81. The van der Waals surface area contributed by atoms with Gasteiger partial charge in [-0.25, -0.2) is 4.98 Å². The summed E-state index contributed by atoms with van der Waals surface area (Å²) in [6.07, 6.45) is 5.28. The normalized spacial score (nSPS) is 18.8. The number of aromatic nitrogens is 1. The Balaban J connectivity index is 2.03. The number of aryl methyl sites for hydroxylation is 1. The fourth-order valence-electron chi connectivity index (χ4n) is 3.00. The summed E-state index contributed by atoms with van der Waals surface area (Å²) in [4.78, 5) is 8.62. The van der Waals surface area contributed by atoms with Crippen LogP contribution in [-0.4, -0.2) is 25.1 Å². The Bertz CT molecular complexity index is 400. The summed E-state index contributed by atoms with van der Waals surface area (Å²) in [5, 5.41) is 4.45. The van der Waals surface area contributed by atoms with Crippen molar-refractivity contribution in [3.63, 3.8) is 0 Å². The minimum Gasteiger partial charge on any atom is -0.348 e. The minimum atomic E-state index is 0.594. The molecule has 0 amide bonds. The predicted octanol–water partition coefficient (Wildman–Crippen LogP) is 3.58. The van der Waals surface area contributed by atoms with Gasteiger partial charge in [-0.15, -0.1) is 11.3 Å². The van der Waals surface area contributed by atoms with Gasteiger partial charge in [-0.05, 0) is 32.2 Å². The number of thiazole rings is 1. The van der Waals surface area contributed by atoms with Crippen LogP contribution >= 0.6 is 11.3 Å². The molecule has 0 spiro atoms. The van der Waals surface area contributed by atoms with E-state index in [0.29, 0.717) is 5.41 Å². The highest BCUT2D eigenvalue weighted by Gasteiger charge is 2.32. The third kappa shape index (κ3) is 3.11. The van der Waals surface area contributed by atoms with Crippen molar-refractivity contribution >= 4 is 16.5 Å². The first-order chi connectivity index (χ1) is 9.14. The molecule has 108 valence electrons. The Kier molecular flexibility index (Phi) is 4.85. The molecule has 1 N–H and O–H groups in total. The molecule has 2 rings (SSSR count). The fraction of sp³-hybridized carbons (Fsp3) is 0.800. The maximum absolute atomic E-state index is 4.76. The summed E-state index contributed by atoms with van der Waals surface area (Å²) in [6.45, 7) is 10.1. The van der Waals surface area contributed by atoms with Crippen LogP contribution in [0.2, 0.25) is 0 Å². The van der Waals surface area contributed by atoms with Crippen molar-refractivity contribution in [2.45, 2.75) is 53.0 Å². The second kappa shape index (κ2) is 6.23. The van der Waals surface area contributed by atoms with Gasteiger partial charge in [0.25, 0.3) is 0 Å². The molecule has 1 aliphatic heterocycles. The van der Waals surface area contributed by atoms with Crippen LogP contribution in [0.3, 0.4) is 0 Å². The molecule has 1 aromatic rings. The van der Waals surface area contributed by atoms with Gasteiger partial charge >= 0.3 is 0 Å². The van der Waals surface area contributed by atoms with Crippen molar-refractivity contribution in [1.82, 2.24) is 10.3 Å². The summed E-state index contributed by atoms with van der Waals surface area (Å²) < 4.78 is 0. The van der Waals surface area contributed by atoms with Gasteiger partial charge in [-0.1, -0.05) is 26.7 Å². The van der Waals surface area contributed by atoms with Crippen LogP contribution in [0, 0.1) is 12.3 Å². The molecular weight excluding hydrogens is 254 g/mol. The molecular formula is C15H27N3S. The lowest BCUT2D eigenvalue weighted by Gasteiger charge is -2.40. The maximum atomic E-state index is 4.76. The van der Waals surface area contributed by atoms with Gasteiger partial charge in [0.05, 0.1) is 5.69 Å². The summed E-state index contributed by atoms with van der Waals surface area (Å²) in [5.41, 5.74) is 1.79. The number of nitrogens with one attached hydrogen (secondary N) is 1. The largest absolute Gasteiger partial charge is 0.348 e. The van der Waals surface area contributed by atoms with E-state index in [0.717, 1.165) is 6.54 Å². The van der Waals surface area contributed by atoms with Gasteiger partial charge in [0.1, 0.15) is 0 Å². The molecule has 1 fully saturated rings. The first kappa shape index (κ1) is 14.8. The van der Waals surface area contributed by atoms with E-state index in [1.165, 1.54) is 54.5 Å². The highest BCUT2D eigenvalue weighted by Crippen LogP contribution is 2.40. The van der Waals surface area contributed by atoms with Crippen molar-refractivity contribution in [3.8, 4) is 0 Å². The molecule has 0 radical (unpaired) electrons. The second-order valence-corrected chi connectivity index (χ2v) is 6.79. The van der Waals surface area contributed by atoms with E-state index in [4.69, 9.17) is 4.98 Å². The van der Waals surface area contributed by atoms with Gasteiger partial charge in [0.2, 0.25) is 0 Å². The molecule has 0 bridgehead atoms. The van der Waals surface area contributed by atoms with Crippen LogP contribution in [0.4, 0.5) is 5.13 Å². The number of hydrogen-bond acceptors (Lipinski definition) is 4. The molecule has 19 heavy (non-hydrogen) atoms. The number of anilines is 1. The van der Waals surface area contributed by atoms with E-state index >= 15 is 0 Å². The summed E-state index contributed by atoms with van der Waals surface area (Å²) in [6, 6.07) is 0. The Hall–Kier alpha value is -0.610. The fourth-order valence-corrected chi connectivity index (χ4v) is 4.13.